The van der Waals surface area contributed by atoms with Gasteiger partial charge in [0.25, 0.3) is 0 Å². The number of sulfonamides is 1. The predicted octanol–water partition coefficient (Wildman–Crippen LogP) is 0.348. The summed E-state index contributed by atoms with van der Waals surface area (Å²) in [5, 5.41) is 2.74. The summed E-state index contributed by atoms with van der Waals surface area (Å²) in [5.41, 5.74) is 0.915. The highest BCUT2D eigenvalue weighted by Gasteiger charge is 2.21. The normalized spacial score (nSPS) is 13.3. The van der Waals surface area contributed by atoms with Crippen LogP contribution in [-0.4, -0.2) is 43.6 Å². The molecule has 0 saturated carbocycles. The van der Waals surface area contributed by atoms with Crippen LogP contribution < -0.4 is 4.72 Å². The number of hydrogen-bond acceptors (Lipinski definition) is 5. The Morgan fingerprint density at radius 3 is 2.67 bits per heavy atom. The largest absolute Gasteiger partial charge is 0.338 e. The van der Waals surface area contributed by atoms with E-state index in [4.69, 9.17) is 0 Å². The number of hydrogen-bond donors (Lipinski definition) is 1. The average molecular weight is 291 g/mol. The number of aromatic nitrogens is 1. The number of amides is 1. The number of carbonyl (C=O) groups excluding carboxylic acids is 1. The highest BCUT2D eigenvalue weighted by atomic mass is 32.2. The Hall–Kier alpha value is -0.990. The van der Waals surface area contributed by atoms with Crippen molar-refractivity contribution in [2.24, 2.45) is 0 Å². The third-order valence-electron chi connectivity index (χ3n) is 2.18. The van der Waals surface area contributed by atoms with Gasteiger partial charge in [-0.2, -0.15) is 0 Å². The molecule has 18 heavy (non-hydrogen) atoms. The molecule has 1 amide bonds. The van der Waals surface area contributed by atoms with Crippen molar-refractivity contribution in [1.29, 1.82) is 0 Å². The van der Waals surface area contributed by atoms with Crippen LogP contribution >= 0.6 is 11.3 Å². The fourth-order valence-electron chi connectivity index (χ4n) is 1.46. The minimum atomic E-state index is -3.38. The summed E-state index contributed by atoms with van der Waals surface area (Å²) in [6.07, 6.45) is 1.03. The number of carbonyl (C=O) groups is 1. The van der Waals surface area contributed by atoms with Crippen LogP contribution in [0.2, 0.25) is 0 Å². The number of likely N-dealkylation sites (N-methyl/N-ethyl adjacent to an activating group) is 1. The minimum Gasteiger partial charge on any atom is -0.338 e. The number of aryl methyl sites for hydroxylation is 1. The fraction of sp³-hybridized carbons (Fsp3) is 0.600. The summed E-state index contributed by atoms with van der Waals surface area (Å²) >= 11 is 1.48. The van der Waals surface area contributed by atoms with Gasteiger partial charge in [0.05, 0.1) is 18.8 Å². The zero-order valence-electron chi connectivity index (χ0n) is 10.8. The van der Waals surface area contributed by atoms with Crippen molar-refractivity contribution in [3.8, 4) is 0 Å². The average Bonchev–Trinajstić information content (AvgIpc) is 2.60. The first-order chi connectivity index (χ1) is 8.19. The van der Waals surface area contributed by atoms with Gasteiger partial charge < -0.3 is 4.90 Å². The SMILES string of the molecule is Cc1csc(CN(C)C(=O)[C@H](C)NS(C)(=O)=O)n1. The minimum absolute atomic E-state index is 0.284. The molecule has 0 aliphatic rings. The smallest absolute Gasteiger partial charge is 0.240 e. The van der Waals surface area contributed by atoms with E-state index in [0.29, 0.717) is 6.54 Å². The Bertz CT molecular complexity index is 524. The Morgan fingerprint density at radius 1 is 1.61 bits per heavy atom. The molecule has 0 unspecified atom stereocenters. The molecular formula is C10H17N3O3S2. The molecule has 1 N–H and O–H groups in total. The van der Waals surface area contributed by atoms with Gasteiger partial charge in [-0.1, -0.05) is 0 Å². The topological polar surface area (TPSA) is 79.4 Å². The molecule has 8 heteroatoms. The highest BCUT2D eigenvalue weighted by Crippen LogP contribution is 2.11. The van der Waals surface area contributed by atoms with Crippen LogP contribution in [0.25, 0.3) is 0 Å². The fourth-order valence-corrected chi connectivity index (χ4v) is 3.03. The van der Waals surface area contributed by atoms with Crippen LogP contribution in [0.1, 0.15) is 17.6 Å². The van der Waals surface area contributed by atoms with Crippen LogP contribution in [0.4, 0.5) is 0 Å². The van der Waals surface area contributed by atoms with Gasteiger partial charge in [0.1, 0.15) is 5.01 Å². The number of thiazole rings is 1. The van der Waals surface area contributed by atoms with Gasteiger partial charge in [-0.15, -0.1) is 11.3 Å². The van der Waals surface area contributed by atoms with Gasteiger partial charge >= 0.3 is 0 Å². The second-order valence-electron chi connectivity index (χ2n) is 4.19. The van der Waals surface area contributed by atoms with Crippen molar-refractivity contribution in [2.45, 2.75) is 26.4 Å². The van der Waals surface area contributed by atoms with Gasteiger partial charge in [0.15, 0.2) is 0 Å². The summed E-state index contributed by atoms with van der Waals surface area (Å²) in [6.45, 7) is 3.79. The quantitative estimate of drug-likeness (QED) is 0.849. The lowest BCUT2D eigenvalue weighted by Crippen LogP contribution is -2.44. The van der Waals surface area contributed by atoms with Gasteiger partial charge in [-0.25, -0.2) is 18.1 Å². The summed E-state index contributed by atoms with van der Waals surface area (Å²) in [6, 6.07) is -0.772. The zero-order valence-corrected chi connectivity index (χ0v) is 12.4. The van der Waals surface area contributed by atoms with Crippen LogP contribution in [0.15, 0.2) is 5.38 Å². The molecule has 0 spiro atoms. The number of rotatable bonds is 5. The molecule has 0 fully saturated rings. The van der Waals surface area contributed by atoms with Gasteiger partial charge in [0, 0.05) is 18.1 Å². The standard InChI is InChI=1S/C10H17N3O3S2/c1-7-6-17-9(11-7)5-13(3)10(14)8(2)12-18(4,15)16/h6,8,12H,5H2,1-4H3/t8-/m0/s1. The molecular weight excluding hydrogens is 274 g/mol. The molecule has 0 radical (unpaired) electrons. The van der Waals surface area contributed by atoms with E-state index in [1.807, 2.05) is 12.3 Å². The maximum Gasteiger partial charge on any atom is 0.240 e. The van der Waals surface area contributed by atoms with Crippen LogP contribution in [0.5, 0.6) is 0 Å². The summed E-state index contributed by atoms with van der Waals surface area (Å²) in [5.74, 6) is -0.284. The maximum atomic E-state index is 11.9. The lowest BCUT2D eigenvalue weighted by atomic mass is 10.3. The van der Waals surface area contributed by atoms with Crippen molar-refractivity contribution in [3.63, 3.8) is 0 Å². The van der Waals surface area contributed by atoms with Crippen molar-refractivity contribution < 1.29 is 13.2 Å². The zero-order chi connectivity index (χ0) is 13.9. The molecule has 0 saturated heterocycles. The van der Waals surface area contributed by atoms with E-state index in [9.17, 15) is 13.2 Å². The Balaban J connectivity index is 2.61. The molecule has 0 aliphatic carbocycles. The molecule has 0 aliphatic heterocycles. The van der Waals surface area contributed by atoms with E-state index in [1.165, 1.54) is 23.2 Å². The van der Waals surface area contributed by atoms with Crippen molar-refractivity contribution in [3.05, 3.63) is 16.1 Å². The van der Waals surface area contributed by atoms with E-state index >= 15 is 0 Å². The molecule has 6 nitrogen and oxygen atoms in total. The molecule has 1 atom stereocenters. The molecule has 1 aromatic rings. The molecule has 0 aromatic carbocycles. The Labute approximate surface area is 111 Å². The molecule has 102 valence electrons. The van der Waals surface area contributed by atoms with Crippen LogP contribution in [-0.2, 0) is 21.4 Å². The lowest BCUT2D eigenvalue weighted by molar-refractivity contribution is -0.131. The Morgan fingerprint density at radius 2 is 2.22 bits per heavy atom. The highest BCUT2D eigenvalue weighted by molar-refractivity contribution is 7.88. The second kappa shape index (κ2) is 5.77. The monoisotopic (exact) mass is 291 g/mol. The lowest BCUT2D eigenvalue weighted by Gasteiger charge is -2.20. The molecule has 1 aromatic heterocycles. The predicted molar refractivity (Wildman–Crippen MR) is 70.8 cm³/mol. The Kier molecular flexibility index (Phi) is 4.83. The van der Waals surface area contributed by atoms with Gasteiger partial charge in [0.2, 0.25) is 15.9 Å². The maximum absolute atomic E-state index is 11.9. The molecule has 1 heterocycles. The molecule has 1 rings (SSSR count). The van der Waals surface area contributed by atoms with Crippen LogP contribution in [0.3, 0.4) is 0 Å². The first-order valence-corrected chi connectivity index (χ1v) is 8.09. The van der Waals surface area contributed by atoms with E-state index in [-0.39, 0.29) is 5.91 Å². The van der Waals surface area contributed by atoms with E-state index in [1.54, 1.807) is 7.05 Å². The third-order valence-corrected chi connectivity index (χ3v) is 3.91. The van der Waals surface area contributed by atoms with Crippen molar-refractivity contribution >= 4 is 27.3 Å². The van der Waals surface area contributed by atoms with Crippen molar-refractivity contribution in [2.75, 3.05) is 13.3 Å². The summed E-state index contributed by atoms with van der Waals surface area (Å²) < 4.78 is 24.3. The first-order valence-electron chi connectivity index (χ1n) is 5.32. The number of nitrogens with one attached hydrogen (secondary N) is 1. The van der Waals surface area contributed by atoms with E-state index in [0.717, 1.165) is 17.0 Å². The van der Waals surface area contributed by atoms with E-state index in [2.05, 4.69) is 9.71 Å². The van der Waals surface area contributed by atoms with Gasteiger partial charge in [-0.05, 0) is 13.8 Å². The van der Waals surface area contributed by atoms with Crippen molar-refractivity contribution in [1.82, 2.24) is 14.6 Å². The van der Waals surface area contributed by atoms with Crippen LogP contribution in [0, 0.1) is 6.92 Å². The second-order valence-corrected chi connectivity index (χ2v) is 6.91. The molecule has 0 bridgehead atoms. The third kappa shape index (κ3) is 4.71. The first kappa shape index (κ1) is 15.1. The summed E-state index contributed by atoms with van der Waals surface area (Å²) in [7, 11) is -1.76. The van der Waals surface area contributed by atoms with Gasteiger partial charge in [-0.3, -0.25) is 4.79 Å². The number of nitrogens with zero attached hydrogens (tertiary/aromatic N) is 2. The van der Waals surface area contributed by atoms with E-state index < -0.39 is 16.1 Å². The summed E-state index contributed by atoms with van der Waals surface area (Å²) in [4.78, 5) is 17.6.